The maximum absolute atomic E-state index is 12.7. The van der Waals surface area contributed by atoms with Crippen molar-refractivity contribution in [2.75, 3.05) is 7.15 Å². The van der Waals surface area contributed by atoms with E-state index in [1.54, 1.807) is 13.8 Å². The minimum atomic E-state index is -1.00. The van der Waals surface area contributed by atoms with E-state index in [4.69, 9.17) is 10.2 Å². The number of carbonyl (C=O) groups excluding carboxylic acids is 4. The van der Waals surface area contributed by atoms with Crippen LogP contribution in [-0.2, 0) is 0 Å². The van der Waals surface area contributed by atoms with Crippen LogP contribution in [0, 0.1) is 27.7 Å². The van der Waals surface area contributed by atoms with Gasteiger partial charge in [0.05, 0.1) is 25.9 Å². The molecule has 0 spiro atoms. The third-order valence-electron chi connectivity index (χ3n) is 8.43. The average Bonchev–Trinajstić information content (AvgIpc) is 3.61. The van der Waals surface area contributed by atoms with Crippen molar-refractivity contribution in [3.63, 3.8) is 0 Å². The van der Waals surface area contributed by atoms with Gasteiger partial charge >= 0.3 is 24.8 Å². The third kappa shape index (κ3) is 5.50. The third-order valence-corrected chi connectivity index (χ3v) is 9.19. The van der Waals surface area contributed by atoms with Gasteiger partial charge in [-0.2, -0.15) is 0 Å². The fourth-order valence-corrected chi connectivity index (χ4v) is 6.59. The zero-order valence-electron chi connectivity index (χ0n) is 27.2. The van der Waals surface area contributed by atoms with Gasteiger partial charge in [0.25, 0.3) is 0 Å². The molecule has 0 atom stereocenters. The summed E-state index contributed by atoms with van der Waals surface area (Å²) in [4.78, 5) is 50.1. The van der Waals surface area contributed by atoms with E-state index in [-0.39, 0.29) is 0 Å². The van der Waals surface area contributed by atoms with Crippen LogP contribution in [0.15, 0.2) is 84.7 Å². The molecule has 2 aliphatic carbocycles. The predicted octanol–water partition coefficient (Wildman–Crippen LogP) is 9.72. The zero-order chi connectivity index (χ0) is 35.7. The number of carbonyl (C=O) groups is 4. The van der Waals surface area contributed by atoms with Gasteiger partial charge in [-0.25, -0.2) is 0 Å². The van der Waals surface area contributed by atoms with Crippen molar-refractivity contribution in [1.82, 2.24) is 0 Å². The molecule has 2 aliphatic rings. The second-order valence-corrected chi connectivity index (χ2v) is 12.0. The summed E-state index contributed by atoms with van der Waals surface area (Å²) in [6, 6.07) is 19.2. The number of hydrogen-bond acceptors (Lipinski definition) is 8. The van der Waals surface area contributed by atoms with E-state index < -0.39 is 30.3 Å². The fraction of sp³-hybridized carbons (Fsp3) is 0.135. The molecule has 4 aromatic carbocycles. The molecule has 7 nitrogen and oxygen atoms in total. The zero-order valence-corrected chi connectivity index (χ0v) is 28.7. The Hall–Kier alpha value is -4.74. The van der Waals surface area contributed by atoms with Gasteiger partial charge in [-0.15, -0.1) is 0 Å². The molecule has 0 amide bonds. The van der Waals surface area contributed by atoms with E-state index in [1.807, 2.05) is 74.5 Å². The van der Waals surface area contributed by atoms with Gasteiger partial charge in [0, 0.05) is 27.8 Å². The standard InChI is InChI=1S/C18H11BrO3.C18H12O3.CH3F.BHNS/c1-8-4-3-5-11-10(8)6-7-12-14(11)16(21)15(20)13-9(2)18(19)22-17(12)13;1-9-4-3-5-12-11(9)6-7-13-15(12)17(20)16(19)14-10(2)8-21-18(13)14;1-2;1-2-3/h3-7H,1-2H3;3-8H,1-2H3;1H3;3H/i;;1D;. The average molecular weight is 724 g/mol. The number of Topliss-reactive ketones (excluding diaryl/α,β-unsaturated/α-hetero) is 4. The summed E-state index contributed by atoms with van der Waals surface area (Å²) in [6.45, 7) is 7.53. The van der Waals surface area contributed by atoms with Crippen molar-refractivity contribution in [3.05, 3.63) is 116 Å². The summed E-state index contributed by atoms with van der Waals surface area (Å²) >= 11 is 6.50. The molecule has 2 aromatic heterocycles. The van der Waals surface area contributed by atoms with Crippen LogP contribution in [0.5, 0.6) is 0 Å². The molecule has 0 unspecified atom stereocenters. The van der Waals surface area contributed by atoms with E-state index in [2.05, 4.69) is 40.7 Å². The monoisotopic (exact) mass is 723 g/mol. The van der Waals surface area contributed by atoms with Crippen molar-refractivity contribution in [3.8, 4) is 22.6 Å². The summed E-state index contributed by atoms with van der Waals surface area (Å²) in [5.41, 5.74) is 6.60. The van der Waals surface area contributed by atoms with Crippen molar-refractivity contribution in [1.29, 1.82) is 0 Å². The van der Waals surface area contributed by atoms with Crippen LogP contribution in [0.2, 0.25) is 0 Å². The van der Waals surface area contributed by atoms with Gasteiger partial charge in [0.15, 0.2) is 4.67 Å². The minimum absolute atomic E-state index is 0.372. The number of alkyl halides is 1. The van der Waals surface area contributed by atoms with Crippen LogP contribution in [-0.4, -0.2) is 37.9 Å². The Morgan fingerprint density at radius 1 is 0.688 bits per heavy atom. The van der Waals surface area contributed by atoms with Gasteiger partial charge in [0.1, 0.15) is 11.5 Å². The number of ketones is 4. The van der Waals surface area contributed by atoms with Crippen LogP contribution in [0.3, 0.4) is 0 Å². The first kappa shape index (κ1) is 33.2. The van der Waals surface area contributed by atoms with Gasteiger partial charge in [0.2, 0.25) is 23.1 Å². The Labute approximate surface area is 291 Å². The molecular formula is C37H27BBrFNO6S. The quantitative estimate of drug-likeness (QED) is 0.0950. The molecule has 11 heteroatoms. The molecule has 8 rings (SSSR count). The van der Waals surface area contributed by atoms with Gasteiger partial charge in [-0.1, -0.05) is 48.5 Å². The number of rotatable bonds is 0. The number of halogens is 2. The predicted molar refractivity (Wildman–Crippen MR) is 191 cm³/mol. The van der Waals surface area contributed by atoms with E-state index >= 15 is 0 Å². The first-order chi connectivity index (χ1) is 23.4. The topological polar surface area (TPSA) is 107 Å². The SMILES string of the molecule is Cc1c(Br)oc2c1C(=O)C(=O)c1c-2ccc2c(C)cccc12.Cc1coc2c1C(=O)C(=O)c1c-2ccc2c(C)cccc12.[2H]CF.[B]=NS. The van der Waals surface area contributed by atoms with Gasteiger partial charge in [-0.05, 0) is 94.0 Å². The first-order valence-electron chi connectivity index (χ1n) is 15.1. The normalized spacial score (nSPS) is 12.7. The first-order valence-corrected chi connectivity index (χ1v) is 15.6. The number of furan rings is 2. The Kier molecular flexibility index (Phi) is 9.53. The molecule has 0 bridgehead atoms. The van der Waals surface area contributed by atoms with E-state index in [9.17, 15) is 23.6 Å². The van der Waals surface area contributed by atoms with Crippen molar-refractivity contribution < 1.29 is 33.8 Å². The Morgan fingerprint density at radius 3 is 1.62 bits per heavy atom. The number of nitrogens with zero attached hydrogens (tertiary/aromatic N) is 1. The summed E-state index contributed by atoms with van der Waals surface area (Å²) in [6.07, 6.45) is 1.53. The molecular weight excluding hydrogens is 696 g/mol. The molecule has 6 aromatic rings. The molecule has 48 heavy (non-hydrogen) atoms. The number of thiol groups is 1. The van der Waals surface area contributed by atoms with E-state index in [1.165, 1.54) is 6.26 Å². The van der Waals surface area contributed by atoms with Crippen LogP contribution >= 0.6 is 28.7 Å². The van der Waals surface area contributed by atoms with E-state index in [0.29, 0.717) is 60.7 Å². The number of benzene rings is 4. The molecule has 0 N–H and O–H groups in total. The van der Waals surface area contributed by atoms with E-state index in [0.717, 1.165) is 32.7 Å². The van der Waals surface area contributed by atoms with Gasteiger partial charge in [-0.3, -0.25) is 23.6 Å². The second kappa shape index (κ2) is 13.8. The summed E-state index contributed by atoms with van der Waals surface area (Å²) < 4.78 is 29.9. The van der Waals surface area contributed by atoms with Crippen LogP contribution in [0.25, 0.3) is 44.2 Å². The second-order valence-electron chi connectivity index (χ2n) is 11.1. The molecule has 0 saturated carbocycles. The van der Waals surface area contributed by atoms with Crippen molar-refractivity contribution in [2.24, 2.45) is 4.30 Å². The molecule has 0 saturated heterocycles. The van der Waals surface area contributed by atoms with Crippen LogP contribution < -0.4 is 0 Å². The van der Waals surface area contributed by atoms with Crippen LogP contribution in [0.4, 0.5) is 4.39 Å². The molecule has 0 fully saturated rings. The van der Waals surface area contributed by atoms with Gasteiger partial charge < -0.3 is 8.83 Å². The van der Waals surface area contributed by atoms with Crippen molar-refractivity contribution >= 4 is 81.1 Å². The fourth-order valence-electron chi connectivity index (χ4n) is 6.23. The Balaban J connectivity index is 0.000000165. The Bertz CT molecular complexity index is 2370. The summed E-state index contributed by atoms with van der Waals surface area (Å²) in [7, 11) is 3.34. The Morgan fingerprint density at radius 2 is 1.12 bits per heavy atom. The molecule has 1 radical (unpaired) electrons. The molecule has 2 heterocycles. The summed E-state index contributed by atoms with van der Waals surface area (Å²) in [5.74, 6) is -0.891. The molecule has 0 aliphatic heterocycles. The number of fused-ring (bicyclic) bond motifs is 10. The number of hydrogen-bond donors (Lipinski definition) is 1. The summed E-state index contributed by atoms with van der Waals surface area (Å²) in [5, 5.41) is 3.58. The number of aryl methyl sites for hydroxylation is 3. The molecule has 239 valence electrons. The van der Waals surface area contributed by atoms with Crippen LogP contribution in [0.1, 0.15) is 65.1 Å². The maximum atomic E-state index is 12.7. The van der Waals surface area contributed by atoms with Crippen molar-refractivity contribution in [2.45, 2.75) is 27.7 Å².